The van der Waals surface area contributed by atoms with Gasteiger partial charge in [0.2, 0.25) is 5.91 Å². The average Bonchev–Trinajstić information content (AvgIpc) is 2.17. The number of rotatable bonds is 1. The highest BCUT2D eigenvalue weighted by Crippen LogP contribution is 2.24. The molecule has 1 N–H and O–H groups in total. The molecule has 0 saturated carbocycles. The number of hydrogen-bond acceptors (Lipinski definition) is 2. The summed E-state index contributed by atoms with van der Waals surface area (Å²) in [6.45, 7) is 1.47. The van der Waals surface area contributed by atoms with Crippen LogP contribution in [0.25, 0.3) is 6.08 Å². The van der Waals surface area contributed by atoms with Gasteiger partial charge in [-0.05, 0) is 18.2 Å². The first-order valence-electron chi connectivity index (χ1n) is 4.47. The second kappa shape index (κ2) is 3.54. The van der Waals surface area contributed by atoms with Crippen molar-refractivity contribution in [3.63, 3.8) is 0 Å². The topological polar surface area (TPSA) is 38.3 Å². The minimum absolute atomic E-state index is 0.0981. The van der Waals surface area contributed by atoms with Crippen molar-refractivity contribution in [2.75, 3.05) is 0 Å². The van der Waals surface area contributed by atoms with E-state index in [-0.39, 0.29) is 12.1 Å². The molecule has 1 aromatic rings. The number of hydrogen-bond donors (Lipinski definition) is 1. The summed E-state index contributed by atoms with van der Waals surface area (Å²) in [5.41, 5.74) is 1.04. The molecule has 0 bridgehead atoms. The molecular formula is C11H11NO2. The Bertz CT molecular complexity index is 385. The van der Waals surface area contributed by atoms with Gasteiger partial charge >= 0.3 is 0 Å². The van der Waals surface area contributed by atoms with Crippen LogP contribution in [0.3, 0.4) is 0 Å². The zero-order valence-corrected chi connectivity index (χ0v) is 7.86. The molecule has 0 aliphatic carbocycles. The third kappa shape index (κ3) is 1.76. The summed E-state index contributed by atoms with van der Waals surface area (Å²) in [6.07, 6.45) is 3.42. The zero-order valence-electron chi connectivity index (χ0n) is 7.86. The number of para-hydroxylation sites is 1. The average molecular weight is 189 g/mol. The molecule has 0 aromatic heterocycles. The molecule has 0 spiro atoms. The SMILES string of the molecule is CC(=O)NC1C=Cc2ccccc2O1. The first-order chi connectivity index (χ1) is 6.75. The number of benzene rings is 1. The molecule has 1 atom stereocenters. The first-order valence-corrected chi connectivity index (χ1v) is 4.47. The fraction of sp³-hybridized carbons (Fsp3) is 0.182. The van der Waals surface area contributed by atoms with Crippen molar-refractivity contribution in [3.8, 4) is 5.75 Å². The van der Waals surface area contributed by atoms with E-state index in [2.05, 4.69) is 5.32 Å². The molecule has 1 unspecified atom stereocenters. The van der Waals surface area contributed by atoms with Crippen LogP contribution in [0.4, 0.5) is 0 Å². The summed E-state index contributed by atoms with van der Waals surface area (Å²) in [5.74, 6) is 0.702. The Kier molecular flexibility index (Phi) is 2.23. The molecular weight excluding hydrogens is 178 g/mol. The Morgan fingerprint density at radius 1 is 1.43 bits per heavy atom. The quantitative estimate of drug-likeness (QED) is 0.728. The van der Waals surface area contributed by atoms with E-state index < -0.39 is 0 Å². The number of carbonyl (C=O) groups is 1. The second-order valence-electron chi connectivity index (χ2n) is 3.14. The van der Waals surface area contributed by atoms with E-state index in [1.807, 2.05) is 36.4 Å². The lowest BCUT2D eigenvalue weighted by atomic mass is 10.1. The monoisotopic (exact) mass is 189 g/mol. The smallest absolute Gasteiger partial charge is 0.219 e. The van der Waals surface area contributed by atoms with E-state index in [4.69, 9.17) is 4.74 Å². The van der Waals surface area contributed by atoms with Gasteiger partial charge in [0.25, 0.3) is 0 Å². The summed E-state index contributed by atoms with van der Waals surface area (Å²) >= 11 is 0. The van der Waals surface area contributed by atoms with Crippen molar-refractivity contribution >= 4 is 12.0 Å². The Balaban J connectivity index is 2.17. The molecule has 2 rings (SSSR count). The molecule has 1 amide bonds. The van der Waals surface area contributed by atoms with Crippen molar-refractivity contribution < 1.29 is 9.53 Å². The predicted molar refractivity (Wildman–Crippen MR) is 53.7 cm³/mol. The van der Waals surface area contributed by atoms with E-state index in [1.165, 1.54) is 6.92 Å². The summed E-state index contributed by atoms with van der Waals surface area (Å²) < 4.78 is 5.52. The summed E-state index contributed by atoms with van der Waals surface area (Å²) in [6, 6.07) is 7.71. The van der Waals surface area contributed by atoms with Crippen LogP contribution in [0.2, 0.25) is 0 Å². The van der Waals surface area contributed by atoms with E-state index in [9.17, 15) is 4.79 Å². The molecule has 0 fully saturated rings. The van der Waals surface area contributed by atoms with Gasteiger partial charge in [0.15, 0.2) is 6.23 Å². The van der Waals surface area contributed by atoms with E-state index >= 15 is 0 Å². The third-order valence-corrected chi connectivity index (χ3v) is 1.97. The minimum Gasteiger partial charge on any atom is -0.466 e. The van der Waals surface area contributed by atoms with Gasteiger partial charge in [-0.25, -0.2) is 0 Å². The summed E-state index contributed by atoms with van der Waals surface area (Å²) in [7, 11) is 0. The Hall–Kier alpha value is -1.77. The van der Waals surface area contributed by atoms with Gasteiger partial charge in [0.1, 0.15) is 5.75 Å². The second-order valence-corrected chi connectivity index (χ2v) is 3.14. The molecule has 1 aliphatic rings. The normalized spacial score (nSPS) is 18.2. The van der Waals surface area contributed by atoms with Crippen LogP contribution >= 0.6 is 0 Å². The number of nitrogens with one attached hydrogen (secondary N) is 1. The summed E-state index contributed by atoms with van der Waals surface area (Å²) in [4.78, 5) is 10.8. The lowest BCUT2D eigenvalue weighted by Gasteiger charge is -2.21. The predicted octanol–water partition coefficient (Wildman–Crippen LogP) is 1.55. The van der Waals surface area contributed by atoms with E-state index in [0.29, 0.717) is 0 Å². The number of ether oxygens (including phenoxy) is 1. The van der Waals surface area contributed by atoms with Gasteiger partial charge in [-0.1, -0.05) is 18.2 Å². The maximum Gasteiger partial charge on any atom is 0.219 e. The fourth-order valence-electron chi connectivity index (χ4n) is 1.37. The highest BCUT2D eigenvalue weighted by atomic mass is 16.5. The van der Waals surface area contributed by atoms with Crippen LogP contribution in [-0.4, -0.2) is 12.1 Å². The molecule has 14 heavy (non-hydrogen) atoms. The number of amides is 1. The highest BCUT2D eigenvalue weighted by Gasteiger charge is 2.13. The summed E-state index contributed by atoms with van der Waals surface area (Å²) in [5, 5.41) is 2.67. The van der Waals surface area contributed by atoms with Gasteiger partial charge in [-0.3, -0.25) is 4.79 Å². The standard InChI is InChI=1S/C11H11NO2/c1-8(13)12-11-7-6-9-4-2-3-5-10(9)14-11/h2-7,11H,1H3,(H,12,13). The minimum atomic E-state index is -0.345. The van der Waals surface area contributed by atoms with Crippen LogP contribution in [0.1, 0.15) is 12.5 Å². The van der Waals surface area contributed by atoms with Gasteiger partial charge in [-0.15, -0.1) is 0 Å². The van der Waals surface area contributed by atoms with Crippen LogP contribution in [0, 0.1) is 0 Å². The maximum absolute atomic E-state index is 10.8. The van der Waals surface area contributed by atoms with E-state index in [0.717, 1.165) is 11.3 Å². The molecule has 1 aliphatic heterocycles. The Morgan fingerprint density at radius 3 is 3.00 bits per heavy atom. The molecule has 3 heteroatoms. The Morgan fingerprint density at radius 2 is 2.21 bits per heavy atom. The largest absolute Gasteiger partial charge is 0.466 e. The van der Waals surface area contributed by atoms with Crippen LogP contribution in [0.15, 0.2) is 30.3 Å². The van der Waals surface area contributed by atoms with Gasteiger partial charge in [0, 0.05) is 12.5 Å². The molecule has 0 saturated heterocycles. The third-order valence-electron chi connectivity index (χ3n) is 1.97. The fourth-order valence-corrected chi connectivity index (χ4v) is 1.37. The first kappa shape index (κ1) is 8.81. The molecule has 0 radical (unpaired) electrons. The maximum atomic E-state index is 10.8. The van der Waals surface area contributed by atoms with Crippen molar-refractivity contribution in [2.24, 2.45) is 0 Å². The molecule has 3 nitrogen and oxygen atoms in total. The lowest BCUT2D eigenvalue weighted by molar-refractivity contribution is -0.120. The van der Waals surface area contributed by atoms with Gasteiger partial charge < -0.3 is 10.1 Å². The van der Waals surface area contributed by atoms with Crippen molar-refractivity contribution in [3.05, 3.63) is 35.9 Å². The number of carbonyl (C=O) groups excluding carboxylic acids is 1. The van der Waals surface area contributed by atoms with Crippen LogP contribution in [-0.2, 0) is 4.79 Å². The highest BCUT2D eigenvalue weighted by molar-refractivity contribution is 5.74. The molecule has 72 valence electrons. The van der Waals surface area contributed by atoms with Gasteiger partial charge in [-0.2, -0.15) is 0 Å². The van der Waals surface area contributed by atoms with Crippen LogP contribution in [0.5, 0.6) is 5.75 Å². The van der Waals surface area contributed by atoms with Crippen molar-refractivity contribution in [1.82, 2.24) is 5.32 Å². The zero-order chi connectivity index (χ0) is 9.97. The lowest BCUT2D eigenvalue weighted by Crippen LogP contribution is -2.37. The molecule has 1 heterocycles. The van der Waals surface area contributed by atoms with Gasteiger partial charge in [0.05, 0.1) is 0 Å². The number of fused-ring (bicyclic) bond motifs is 1. The Labute approximate surface area is 82.4 Å². The van der Waals surface area contributed by atoms with E-state index in [1.54, 1.807) is 0 Å². The molecule has 1 aromatic carbocycles. The van der Waals surface area contributed by atoms with Crippen LogP contribution < -0.4 is 10.1 Å². The van der Waals surface area contributed by atoms with Crippen molar-refractivity contribution in [2.45, 2.75) is 13.2 Å². The van der Waals surface area contributed by atoms with Crippen molar-refractivity contribution in [1.29, 1.82) is 0 Å².